The molecule has 0 atom stereocenters. The molecule has 0 aliphatic carbocycles. The molecular formula is C8H4ClF4NO3. The lowest BCUT2D eigenvalue weighted by atomic mass is 10.1. The number of carboxylic acid groups (broad SMARTS) is 1. The lowest BCUT2D eigenvalue weighted by Gasteiger charge is -2.12. The van der Waals surface area contributed by atoms with Gasteiger partial charge in [-0.25, -0.2) is 9.78 Å². The molecule has 17 heavy (non-hydrogen) atoms. The van der Waals surface area contributed by atoms with Gasteiger partial charge in [0.05, 0.1) is 12.1 Å². The quantitative estimate of drug-likeness (QED) is 0.522. The van der Waals surface area contributed by atoms with E-state index in [0.717, 1.165) is 0 Å². The van der Waals surface area contributed by atoms with Gasteiger partial charge in [0.15, 0.2) is 5.75 Å². The number of hydrogen-bond acceptors (Lipinski definition) is 3. The minimum Gasteiger partial charge on any atom is -0.478 e. The molecule has 0 aliphatic heterocycles. The van der Waals surface area contributed by atoms with Crippen LogP contribution in [0.15, 0.2) is 6.20 Å². The van der Waals surface area contributed by atoms with E-state index < -0.39 is 41.0 Å². The number of alkyl halides is 4. The molecule has 0 amide bonds. The lowest BCUT2D eigenvalue weighted by molar-refractivity contribution is -0.274. The highest BCUT2D eigenvalue weighted by Gasteiger charge is 2.34. The fourth-order valence-corrected chi connectivity index (χ4v) is 1.31. The summed E-state index contributed by atoms with van der Waals surface area (Å²) in [4.78, 5) is 13.7. The van der Waals surface area contributed by atoms with E-state index in [1.807, 2.05) is 0 Å². The van der Waals surface area contributed by atoms with Crippen molar-refractivity contribution in [1.82, 2.24) is 4.98 Å². The van der Waals surface area contributed by atoms with Crippen molar-refractivity contribution in [3.8, 4) is 5.75 Å². The molecule has 94 valence electrons. The van der Waals surface area contributed by atoms with Crippen LogP contribution in [-0.2, 0) is 5.88 Å². The number of carboxylic acids is 1. The van der Waals surface area contributed by atoms with E-state index in [1.54, 1.807) is 0 Å². The third-order valence-corrected chi connectivity index (χ3v) is 1.93. The summed E-state index contributed by atoms with van der Waals surface area (Å²) in [6.07, 6.45) is -4.77. The van der Waals surface area contributed by atoms with E-state index in [-0.39, 0.29) is 0 Å². The molecule has 1 aromatic rings. The Morgan fingerprint density at radius 2 is 2.12 bits per heavy atom. The first-order valence-corrected chi connectivity index (χ1v) is 4.52. The molecule has 1 N–H and O–H groups in total. The van der Waals surface area contributed by atoms with Crippen LogP contribution in [0, 0.1) is 5.95 Å². The topological polar surface area (TPSA) is 59.4 Å². The molecule has 0 fully saturated rings. The SMILES string of the molecule is O=C(O)c1c(OC(F)(F)F)cnc(F)c1CCl. The van der Waals surface area contributed by atoms with Crippen molar-refractivity contribution < 1.29 is 32.2 Å². The zero-order valence-electron chi connectivity index (χ0n) is 7.89. The van der Waals surface area contributed by atoms with Crippen LogP contribution in [0.5, 0.6) is 5.75 Å². The van der Waals surface area contributed by atoms with Gasteiger partial charge in [0.1, 0.15) is 5.56 Å². The number of rotatable bonds is 3. The Balaban J connectivity index is 3.36. The van der Waals surface area contributed by atoms with Crippen molar-refractivity contribution in [2.75, 3.05) is 0 Å². The second kappa shape index (κ2) is 4.74. The van der Waals surface area contributed by atoms with Gasteiger partial charge in [0.25, 0.3) is 0 Å². The molecule has 0 bridgehead atoms. The Bertz CT molecular complexity index is 449. The third kappa shape index (κ3) is 3.19. The van der Waals surface area contributed by atoms with Crippen LogP contribution in [0.1, 0.15) is 15.9 Å². The van der Waals surface area contributed by atoms with Gasteiger partial charge < -0.3 is 9.84 Å². The Hall–Kier alpha value is -1.57. The summed E-state index contributed by atoms with van der Waals surface area (Å²) in [5, 5.41) is 8.70. The Morgan fingerprint density at radius 1 is 1.53 bits per heavy atom. The summed E-state index contributed by atoms with van der Waals surface area (Å²) in [6.45, 7) is 0. The monoisotopic (exact) mass is 273 g/mol. The maximum absolute atomic E-state index is 13.0. The molecule has 1 heterocycles. The van der Waals surface area contributed by atoms with Crippen LogP contribution in [0.25, 0.3) is 0 Å². The van der Waals surface area contributed by atoms with Gasteiger partial charge in [-0.05, 0) is 0 Å². The van der Waals surface area contributed by atoms with E-state index in [2.05, 4.69) is 9.72 Å². The smallest absolute Gasteiger partial charge is 0.478 e. The molecule has 0 spiro atoms. The lowest BCUT2D eigenvalue weighted by Crippen LogP contribution is -2.20. The van der Waals surface area contributed by atoms with Crippen molar-refractivity contribution >= 4 is 17.6 Å². The minimum atomic E-state index is -5.10. The number of pyridine rings is 1. The molecule has 0 radical (unpaired) electrons. The minimum absolute atomic E-state index is 0.336. The van der Waals surface area contributed by atoms with Crippen LogP contribution in [0.3, 0.4) is 0 Å². The summed E-state index contributed by atoms with van der Waals surface area (Å²) >= 11 is 5.24. The summed E-state index contributed by atoms with van der Waals surface area (Å²) in [6, 6.07) is 0. The van der Waals surface area contributed by atoms with Gasteiger partial charge in [0.2, 0.25) is 5.95 Å². The second-order valence-corrected chi connectivity index (χ2v) is 3.02. The Morgan fingerprint density at radius 3 is 2.53 bits per heavy atom. The number of carbonyl (C=O) groups is 1. The van der Waals surface area contributed by atoms with Gasteiger partial charge in [-0.2, -0.15) is 4.39 Å². The Labute approximate surface area is 96.8 Å². The summed E-state index contributed by atoms with van der Waals surface area (Å²) in [7, 11) is 0. The van der Waals surface area contributed by atoms with Crippen molar-refractivity contribution in [3.63, 3.8) is 0 Å². The number of nitrogens with zero attached hydrogens (tertiary/aromatic N) is 1. The van der Waals surface area contributed by atoms with Gasteiger partial charge in [0, 0.05) is 5.56 Å². The summed E-state index contributed by atoms with van der Waals surface area (Å²) in [5.41, 5.74) is -1.66. The van der Waals surface area contributed by atoms with E-state index in [0.29, 0.717) is 6.20 Å². The molecule has 0 aliphatic rings. The predicted molar refractivity (Wildman–Crippen MR) is 47.4 cm³/mol. The summed E-state index contributed by atoms with van der Waals surface area (Å²) in [5.74, 6) is -4.80. The fourth-order valence-electron chi connectivity index (χ4n) is 1.07. The maximum atomic E-state index is 13.0. The van der Waals surface area contributed by atoms with Crippen molar-refractivity contribution in [3.05, 3.63) is 23.3 Å². The van der Waals surface area contributed by atoms with Crippen LogP contribution in [-0.4, -0.2) is 22.4 Å². The highest BCUT2D eigenvalue weighted by Crippen LogP contribution is 2.29. The molecular weight excluding hydrogens is 270 g/mol. The molecule has 1 aromatic heterocycles. The van der Waals surface area contributed by atoms with E-state index >= 15 is 0 Å². The summed E-state index contributed by atoms with van der Waals surface area (Å²) < 4.78 is 52.3. The van der Waals surface area contributed by atoms with Gasteiger partial charge in [-0.3, -0.25) is 0 Å². The number of halogens is 5. The molecule has 1 rings (SSSR count). The van der Waals surface area contributed by atoms with E-state index in [4.69, 9.17) is 16.7 Å². The molecule has 0 saturated carbocycles. The molecule has 0 saturated heterocycles. The van der Waals surface area contributed by atoms with Gasteiger partial charge in [-0.1, -0.05) is 0 Å². The average molecular weight is 274 g/mol. The number of ether oxygens (including phenoxy) is 1. The number of aromatic carboxylic acids is 1. The van der Waals surface area contributed by atoms with Gasteiger partial charge in [-0.15, -0.1) is 24.8 Å². The van der Waals surface area contributed by atoms with E-state index in [1.165, 1.54) is 0 Å². The van der Waals surface area contributed by atoms with Crippen molar-refractivity contribution in [2.24, 2.45) is 0 Å². The van der Waals surface area contributed by atoms with Gasteiger partial charge >= 0.3 is 12.3 Å². The second-order valence-electron chi connectivity index (χ2n) is 2.75. The van der Waals surface area contributed by atoms with Crippen molar-refractivity contribution in [2.45, 2.75) is 12.2 Å². The fraction of sp³-hybridized carbons (Fsp3) is 0.250. The largest absolute Gasteiger partial charge is 0.573 e. The highest BCUT2D eigenvalue weighted by atomic mass is 35.5. The van der Waals surface area contributed by atoms with Crippen LogP contribution in [0.2, 0.25) is 0 Å². The first-order chi connectivity index (χ1) is 7.76. The average Bonchev–Trinajstić information content (AvgIpc) is 2.17. The maximum Gasteiger partial charge on any atom is 0.573 e. The predicted octanol–water partition coefficient (Wildman–Crippen LogP) is 2.56. The van der Waals surface area contributed by atoms with E-state index in [9.17, 15) is 22.4 Å². The van der Waals surface area contributed by atoms with Crippen molar-refractivity contribution in [1.29, 1.82) is 0 Å². The molecule has 0 unspecified atom stereocenters. The molecule has 0 aromatic carbocycles. The first-order valence-electron chi connectivity index (χ1n) is 3.98. The first kappa shape index (κ1) is 13.5. The molecule has 9 heteroatoms. The normalized spacial score (nSPS) is 11.4. The third-order valence-electron chi connectivity index (χ3n) is 1.67. The highest BCUT2D eigenvalue weighted by molar-refractivity contribution is 6.17. The number of aromatic nitrogens is 1. The van der Waals surface area contributed by atoms with Crippen LogP contribution >= 0.6 is 11.6 Å². The standard InChI is InChI=1S/C8H4ClF4NO3/c9-1-3-5(7(15)16)4(2-14-6(3)10)17-8(11,12)13/h2H,1H2,(H,15,16). The zero-order chi connectivity index (χ0) is 13.2. The van der Waals surface area contributed by atoms with Crippen LogP contribution in [0.4, 0.5) is 17.6 Å². The number of hydrogen-bond donors (Lipinski definition) is 1. The Kier molecular flexibility index (Phi) is 3.76. The van der Waals surface area contributed by atoms with Crippen LogP contribution < -0.4 is 4.74 Å². The molecule has 4 nitrogen and oxygen atoms in total. The zero-order valence-corrected chi connectivity index (χ0v) is 8.64.